The van der Waals surface area contributed by atoms with E-state index in [-0.39, 0.29) is 18.1 Å². The molecule has 0 atom stereocenters. The van der Waals surface area contributed by atoms with E-state index in [1.807, 2.05) is 6.92 Å². The fraction of sp³-hybridized carbons (Fsp3) is 0.133. The number of nitrogens with one attached hydrogen (secondary N) is 1. The molecule has 0 bridgehead atoms. The van der Waals surface area contributed by atoms with Crippen LogP contribution in [0, 0.1) is 17.0 Å². The predicted molar refractivity (Wildman–Crippen MR) is 79.9 cm³/mol. The average molecular weight is 285 g/mol. The first-order valence-corrected chi connectivity index (χ1v) is 6.35. The monoisotopic (exact) mass is 285 g/mol. The minimum absolute atomic E-state index is 0.00123. The van der Waals surface area contributed by atoms with Gasteiger partial charge in [-0.25, -0.2) is 0 Å². The van der Waals surface area contributed by atoms with Crippen LogP contribution in [0.25, 0.3) is 0 Å². The molecule has 6 heteroatoms. The fourth-order valence-corrected chi connectivity index (χ4v) is 1.85. The molecule has 0 saturated carbocycles. The van der Waals surface area contributed by atoms with E-state index in [2.05, 4.69) is 5.32 Å². The molecule has 0 fully saturated rings. The molecule has 0 saturated heterocycles. The molecule has 21 heavy (non-hydrogen) atoms. The van der Waals surface area contributed by atoms with Gasteiger partial charge in [-0.1, -0.05) is 18.2 Å². The molecule has 2 aromatic carbocycles. The SMILES string of the molecule is Cc1ccc(C(=O)NCc2cccc([N+](=O)[O-])c2)cc1N. The molecule has 0 aliphatic rings. The summed E-state index contributed by atoms with van der Waals surface area (Å²) in [5.74, 6) is -0.270. The first-order valence-electron chi connectivity index (χ1n) is 6.35. The maximum absolute atomic E-state index is 12.0. The third-order valence-corrected chi connectivity index (χ3v) is 3.12. The topological polar surface area (TPSA) is 98.3 Å². The quantitative estimate of drug-likeness (QED) is 0.512. The Kier molecular flexibility index (Phi) is 4.18. The fourth-order valence-electron chi connectivity index (χ4n) is 1.85. The molecule has 108 valence electrons. The van der Waals surface area contributed by atoms with Gasteiger partial charge in [-0.3, -0.25) is 14.9 Å². The summed E-state index contributed by atoms with van der Waals surface area (Å²) in [4.78, 5) is 22.2. The number of aryl methyl sites for hydroxylation is 1. The van der Waals surface area contributed by atoms with Crippen LogP contribution in [0.2, 0.25) is 0 Å². The largest absolute Gasteiger partial charge is 0.398 e. The molecular weight excluding hydrogens is 270 g/mol. The van der Waals surface area contributed by atoms with Gasteiger partial charge in [0.1, 0.15) is 0 Å². The second-order valence-corrected chi connectivity index (χ2v) is 4.68. The smallest absolute Gasteiger partial charge is 0.269 e. The number of rotatable bonds is 4. The lowest BCUT2D eigenvalue weighted by Gasteiger charge is -2.07. The Hall–Kier alpha value is -2.89. The van der Waals surface area contributed by atoms with Crippen molar-refractivity contribution in [2.75, 3.05) is 5.73 Å². The Morgan fingerprint density at radius 3 is 2.71 bits per heavy atom. The van der Waals surface area contributed by atoms with Gasteiger partial charge in [0.05, 0.1) is 4.92 Å². The van der Waals surface area contributed by atoms with Crippen molar-refractivity contribution < 1.29 is 9.72 Å². The highest BCUT2D eigenvalue weighted by Gasteiger charge is 2.09. The molecule has 2 aromatic rings. The van der Waals surface area contributed by atoms with Crippen molar-refractivity contribution in [2.24, 2.45) is 0 Å². The van der Waals surface area contributed by atoms with Gasteiger partial charge in [0, 0.05) is 29.9 Å². The third kappa shape index (κ3) is 3.56. The van der Waals surface area contributed by atoms with E-state index in [9.17, 15) is 14.9 Å². The highest BCUT2D eigenvalue weighted by Crippen LogP contribution is 2.14. The molecule has 0 aliphatic heterocycles. The van der Waals surface area contributed by atoms with Gasteiger partial charge < -0.3 is 11.1 Å². The van der Waals surface area contributed by atoms with Crippen molar-refractivity contribution in [3.05, 3.63) is 69.3 Å². The maximum atomic E-state index is 12.0. The summed E-state index contributed by atoms with van der Waals surface area (Å²) in [6.07, 6.45) is 0. The van der Waals surface area contributed by atoms with E-state index in [1.54, 1.807) is 30.3 Å². The van der Waals surface area contributed by atoms with Crippen molar-refractivity contribution in [3.63, 3.8) is 0 Å². The minimum Gasteiger partial charge on any atom is -0.398 e. The predicted octanol–water partition coefficient (Wildman–Crippen LogP) is 2.42. The summed E-state index contributed by atoms with van der Waals surface area (Å²) in [5, 5.41) is 13.4. The van der Waals surface area contributed by atoms with Crippen LogP contribution in [0.15, 0.2) is 42.5 Å². The van der Waals surface area contributed by atoms with Gasteiger partial charge in [0.2, 0.25) is 0 Å². The van der Waals surface area contributed by atoms with Crippen LogP contribution in [0.5, 0.6) is 0 Å². The Balaban J connectivity index is 2.05. The first kappa shape index (κ1) is 14.5. The molecule has 1 amide bonds. The Labute approximate surface area is 121 Å². The number of non-ortho nitro benzene ring substituents is 1. The number of nitrogens with two attached hydrogens (primary N) is 1. The Morgan fingerprint density at radius 1 is 1.29 bits per heavy atom. The van der Waals surface area contributed by atoms with Gasteiger partial charge in [0.15, 0.2) is 0 Å². The third-order valence-electron chi connectivity index (χ3n) is 3.12. The van der Waals surface area contributed by atoms with Crippen molar-refractivity contribution in [1.29, 1.82) is 0 Å². The van der Waals surface area contributed by atoms with Gasteiger partial charge >= 0.3 is 0 Å². The standard InChI is InChI=1S/C15H15N3O3/c1-10-5-6-12(8-14(10)16)15(19)17-9-11-3-2-4-13(7-11)18(20)21/h2-8H,9,16H2,1H3,(H,17,19). The van der Waals surface area contributed by atoms with Crippen LogP contribution in [0.3, 0.4) is 0 Å². The van der Waals surface area contributed by atoms with E-state index < -0.39 is 4.92 Å². The molecule has 2 rings (SSSR count). The van der Waals surface area contributed by atoms with E-state index in [0.29, 0.717) is 16.8 Å². The highest BCUT2D eigenvalue weighted by molar-refractivity contribution is 5.95. The number of nitrogens with zero attached hydrogens (tertiary/aromatic N) is 1. The molecule has 6 nitrogen and oxygen atoms in total. The highest BCUT2D eigenvalue weighted by atomic mass is 16.6. The number of hydrogen-bond acceptors (Lipinski definition) is 4. The minimum atomic E-state index is -0.466. The molecule has 0 heterocycles. The molecule has 0 spiro atoms. The van der Waals surface area contributed by atoms with Crippen LogP contribution < -0.4 is 11.1 Å². The van der Waals surface area contributed by atoms with E-state index in [4.69, 9.17) is 5.73 Å². The first-order chi connectivity index (χ1) is 9.97. The molecule has 0 aromatic heterocycles. The number of carbonyl (C=O) groups is 1. The zero-order chi connectivity index (χ0) is 15.4. The van der Waals surface area contributed by atoms with Crippen molar-refractivity contribution in [3.8, 4) is 0 Å². The van der Waals surface area contributed by atoms with Crippen molar-refractivity contribution in [1.82, 2.24) is 5.32 Å². The van der Waals surface area contributed by atoms with Gasteiger partial charge in [-0.05, 0) is 30.2 Å². The number of nitrogen functional groups attached to an aromatic ring is 1. The lowest BCUT2D eigenvalue weighted by molar-refractivity contribution is -0.384. The zero-order valence-electron chi connectivity index (χ0n) is 11.5. The molecular formula is C15H15N3O3. The van der Waals surface area contributed by atoms with Crippen LogP contribution in [-0.4, -0.2) is 10.8 Å². The molecule has 0 radical (unpaired) electrons. The summed E-state index contributed by atoms with van der Waals surface area (Å²) in [7, 11) is 0. The zero-order valence-corrected chi connectivity index (χ0v) is 11.5. The van der Waals surface area contributed by atoms with Crippen LogP contribution in [-0.2, 0) is 6.54 Å². The average Bonchev–Trinajstić information content (AvgIpc) is 2.48. The second-order valence-electron chi connectivity index (χ2n) is 4.68. The lowest BCUT2D eigenvalue weighted by atomic mass is 10.1. The summed E-state index contributed by atoms with van der Waals surface area (Å²) < 4.78 is 0. The van der Waals surface area contributed by atoms with Crippen molar-refractivity contribution in [2.45, 2.75) is 13.5 Å². The maximum Gasteiger partial charge on any atom is 0.269 e. The van der Waals surface area contributed by atoms with Crippen LogP contribution >= 0.6 is 0 Å². The normalized spacial score (nSPS) is 10.1. The number of nitro benzene ring substituents is 1. The number of carbonyl (C=O) groups excluding carboxylic acids is 1. The summed E-state index contributed by atoms with van der Waals surface area (Å²) in [5.41, 5.74) is 8.35. The number of nitro groups is 1. The van der Waals surface area contributed by atoms with Crippen LogP contribution in [0.4, 0.5) is 11.4 Å². The van der Waals surface area contributed by atoms with E-state index >= 15 is 0 Å². The number of hydrogen-bond donors (Lipinski definition) is 2. The van der Waals surface area contributed by atoms with Crippen LogP contribution in [0.1, 0.15) is 21.5 Å². The van der Waals surface area contributed by atoms with E-state index in [1.165, 1.54) is 12.1 Å². The molecule has 0 aliphatic carbocycles. The number of amides is 1. The van der Waals surface area contributed by atoms with Gasteiger partial charge in [-0.15, -0.1) is 0 Å². The second kappa shape index (κ2) is 6.04. The summed E-state index contributed by atoms with van der Waals surface area (Å²) in [6.45, 7) is 2.08. The molecule has 3 N–H and O–H groups in total. The Bertz CT molecular complexity index is 698. The van der Waals surface area contributed by atoms with Gasteiger partial charge in [-0.2, -0.15) is 0 Å². The van der Waals surface area contributed by atoms with Gasteiger partial charge in [0.25, 0.3) is 11.6 Å². The van der Waals surface area contributed by atoms with Crippen molar-refractivity contribution >= 4 is 17.3 Å². The molecule has 0 unspecified atom stereocenters. The summed E-state index contributed by atoms with van der Waals surface area (Å²) in [6, 6.07) is 11.2. The Morgan fingerprint density at radius 2 is 2.05 bits per heavy atom. The number of anilines is 1. The lowest BCUT2D eigenvalue weighted by Crippen LogP contribution is -2.23. The summed E-state index contributed by atoms with van der Waals surface area (Å²) >= 11 is 0. The number of benzene rings is 2. The van der Waals surface area contributed by atoms with E-state index in [0.717, 1.165) is 5.56 Å².